The standard InChI is InChI=1S/C31H48O4Si/c1-6-26(2)25-35-31(32)29-17-15-27(16-18-29)28-19-21-30(22-20-28)34-23-13-11-9-7-8-10-12-14-24-36(4,5)33-3/h15-22,26H,6-14,23-25H2,1-5H3. The van der Waals surface area contributed by atoms with Crippen molar-refractivity contribution < 1.29 is 18.7 Å². The first kappa shape index (κ1) is 30.1. The van der Waals surface area contributed by atoms with Gasteiger partial charge in [0, 0.05) is 7.11 Å². The Balaban J connectivity index is 1.59. The average molecular weight is 513 g/mol. The molecule has 0 radical (unpaired) electrons. The second-order valence-electron chi connectivity index (χ2n) is 10.6. The van der Waals surface area contributed by atoms with Crippen LogP contribution in [-0.2, 0) is 9.16 Å². The number of benzene rings is 2. The molecule has 0 fully saturated rings. The van der Waals surface area contributed by atoms with E-state index in [1.165, 1.54) is 51.0 Å². The van der Waals surface area contributed by atoms with Crippen LogP contribution in [-0.4, -0.2) is 34.6 Å². The van der Waals surface area contributed by atoms with Crippen LogP contribution in [0, 0.1) is 5.92 Å². The van der Waals surface area contributed by atoms with E-state index in [9.17, 15) is 4.79 Å². The fourth-order valence-electron chi connectivity index (χ4n) is 3.97. The number of hydrogen-bond donors (Lipinski definition) is 0. The molecule has 0 aliphatic heterocycles. The zero-order valence-electron chi connectivity index (χ0n) is 23.3. The summed E-state index contributed by atoms with van der Waals surface area (Å²) in [6.45, 7) is 10.0. The maximum absolute atomic E-state index is 12.2. The molecule has 0 heterocycles. The fraction of sp³-hybridized carbons (Fsp3) is 0.581. The molecule has 36 heavy (non-hydrogen) atoms. The third-order valence-corrected chi connectivity index (χ3v) is 9.66. The van der Waals surface area contributed by atoms with Crippen molar-refractivity contribution in [2.75, 3.05) is 20.3 Å². The van der Waals surface area contributed by atoms with E-state index in [-0.39, 0.29) is 5.97 Å². The van der Waals surface area contributed by atoms with Crippen molar-refractivity contribution in [3.63, 3.8) is 0 Å². The van der Waals surface area contributed by atoms with Gasteiger partial charge in [0.1, 0.15) is 5.75 Å². The van der Waals surface area contributed by atoms with Crippen LogP contribution in [0.5, 0.6) is 5.75 Å². The summed E-state index contributed by atoms with van der Waals surface area (Å²) in [5.41, 5.74) is 2.77. The third-order valence-electron chi connectivity index (χ3n) is 7.00. The molecule has 0 aromatic heterocycles. The zero-order chi connectivity index (χ0) is 26.2. The van der Waals surface area contributed by atoms with Gasteiger partial charge in [0.25, 0.3) is 0 Å². The van der Waals surface area contributed by atoms with E-state index in [0.717, 1.165) is 36.3 Å². The predicted octanol–water partition coefficient (Wildman–Crippen LogP) is 8.91. The van der Waals surface area contributed by atoms with Gasteiger partial charge < -0.3 is 13.9 Å². The van der Waals surface area contributed by atoms with Crippen LogP contribution in [0.15, 0.2) is 48.5 Å². The van der Waals surface area contributed by atoms with E-state index >= 15 is 0 Å². The van der Waals surface area contributed by atoms with Gasteiger partial charge in [0.15, 0.2) is 8.32 Å². The highest BCUT2D eigenvalue weighted by Gasteiger charge is 2.19. The second kappa shape index (κ2) is 16.6. The largest absolute Gasteiger partial charge is 0.494 e. The molecule has 0 bridgehead atoms. The highest BCUT2D eigenvalue weighted by molar-refractivity contribution is 6.71. The van der Waals surface area contributed by atoms with Crippen molar-refractivity contribution in [1.29, 1.82) is 0 Å². The summed E-state index contributed by atoms with van der Waals surface area (Å²) in [6.07, 6.45) is 11.3. The Kier molecular flexibility index (Phi) is 13.9. The first-order chi connectivity index (χ1) is 17.3. The van der Waals surface area contributed by atoms with Gasteiger partial charge in [-0.05, 0) is 66.9 Å². The van der Waals surface area contributed by atoms with E-state index in [4.69, 9.17) is 13.9 Å². The van der Waals surface area contributed by atoms with Crippen LogP contribution in [0.2, 0.25) is 19.1 Å². The van der Waals surface area contributed by atoms with Crippen LogP contribution in [0.4, 0.5) is 0 Å². The fourth-order valence-corrected chi connectivity index (χ4v) is 5.27. The zero-order valence-corrected chi connectivity index (χ0v) is 24.3. The van der Waals surface area contributed by atoms with Crippen LogP contribution in [0.25, 0.3) is 11.1 Å². The number of ether oxygens (including phenoxy) is 2. The maximum Gasteiger partial charge on any atom is 0.338 e. The van der Waals surface area contributed by atoms with E-state index in [1.807, 2.05) is 43.5 Å². The third kappa shape index (κ3) is 11.7. The SMILES string of the molecule is CCC(C)COC(=O)c1ccc(-c2ccc(OCCCCCCCCCC[Si](C)(C)OC)cc2)cc1. The number of hydrogen-bond acceptors (Lipinski definition) is 4. The second-order valence-corrected chi connectivity index (χ2v) is 15.0. The van der Waals surface area contributed by atoms with Crippen molar-refractivity contribution in [1.82, 2.24) is 0 Å². The molecule has 5 heteroatoms. The minimum Gasteiger partial charge on any atom is -0.494 e. The van der Waals surface area contributed by atoms with Crippen molar-refractivity contribution >= 4 is 14.3 Å². The normalized spacial score (nSPS) is 12.4. The van der Waals surface area contributed by atoms with Crippen molar-refractivity contribution in [2.24, 2.45) is 5.92 Å². The molecule has 0 N–H and O–H groups in total. The summed E-state index contributed by atoms with van der Waals surface area (Å²) < 4.78 is 16.9. The Hall–Kier alpha value is -2.11. The highest BCUT2D eigenvalue weighted by Crippen LogP contribution is 2.23. The molecule has 4 nitrogen and oxygen atoms in total. The van der Waals surface area contributed by atoms with Gasteiger partial charge in [-0.2, -0.15) is 0 Å². The average Bonchev–Trinajstić information content (AvgIpc) is 2.90. The van der Waals surface area contributed by atoms with Gasteiger partial charge in [-0.15, -0.1) is 0 Å². The molecule has 0 aliphatic carbocycles. The molecule has 0 aliphatic rings. The topological polar surface area (TPSA) is 44.8 Å². The highest BCUT2D eigenvalue weighted by atomic mass is 28.4. The van der Waals surface area contributed by atoms with Crippen LogP contribution in [0.1, 0.15) is 82.0 Å². The van der Waals surface area contributed by atoms with Gasteiger partial charge >= 0.3 is 5.97 Å². The Bertz CT molecular complexity index is 861. The summed E-state index contributed by atoms with van der Waals surface area (Å²) in [5.74, 6) is 1.04. The molecule has 1 unspecified atom stereocenters. The Morgan fingerprint density at radius 3 is 1.89 bits per heavy atom. The lowest BCUT2D eigenvalue weighted by atomic mass is 10.0. The smallest absolute Gasteiger partial charge is 0.338 e. The molecule has 0 saturated heterocycles. The number of carbonyl (C=O) groups excluding carboxylic acids is 1. The Morgan fingerprint density at radius 2 is 1.33 bits per heavy atom. The lowest BCUT2D eigenvalue weighted by molar-refractivity contribution is 0.0447. The van der Waals surface area contributed by atoms with Gasteiger partial charge in [-0.25, -0.2) is 4.79 Å². The minimum absolute atomic E-state index is 0.256. The first-order valence-electron chi connectivity index (χ1n) is 13.9. The predicted molar refractivity (Wildman–Crippen MR) is 153 cm³/mol. The maximum atomic E-state index is 12.2. The lowest BCUT2D eigenvalue weighted by Gasteiger charge is -2.19. The summed E-state index contributed by atoms with van der Waals surface area (Å²) in [5, 5.41) is 0. The van der Waals surface area contributed by atoms with E-state index in [0.29, 0.717) is 18.1 Å². The number of esters is 1. The molecule has 0 amide bonds. The molecular formula is C31H48O4Si. The summed E-state index contributed by atoms with van der Waals surface area (Å²) in [4.78, 5) is 12.2. The number of unbranched alkanes of at least 4 members (excludes halogenated alkanes) is 7. The monoisotopic (exact) mass is 512 g/mol. The van der Waals surface area contributed by atoms with Crippen molar-refractivity contribution in [2.45, 2.75) is 90.8 Å². The van der Waals surface area contributed by atoms with Gasteiger partial charge in [-0.1, -0.05) is 89.5 Å². The van der Waals surface area contributed by atoms with Gasteiger partial charge in [0.05, 0.1) is 18.8 Å². The molecule has 0 saturated carbocycles. The van der Waals surface area contributed by atoms with Gasteiger partial charge in [-0.3, -0.25) is 0 Å². The summed E-state index contributed by atoms with van der Waals surface area (Å²) in [6, 6.07) is 17.1. The van der Waals surface area contributed by atoms with E-state index in [2.05, 4.69) is 39.1 Å². The molecule has 0 spiro atoms. The Labute approximate surface area is 220 Å². The molecule has 1 atom stereocenters. The molecule has 2 aromatic carbocycles. The Morgan fingerprint density at radius 1 is 0.806 bits per heavy atom. The lowest BCUT2D eigenvalue weighted by Crippen LogP contribution is -2.27. The van der Waals surface area contributed by atoms with Crippen LogP contribution >= 0.6 is 0 Å². The van der Waals surface area contributed by atoms with Crippen LogP contribution < -0.4 is 4.74 Å². The van der Waals surface area contributed by atoms with E-state index < -0.39 is 8.32 Å². The number of carbonyl (C=O) groups is 1. The van der Waals surface area contributed by atoms with Crippen molar-refractivity contribution in [3.8, 4) is 16.9 Å². The molecule has 2 aromatic rings. The van der Waals surface area contributed by atoms with Crippen LogP contribution in [0.3, 0.4) is 0 Å². The number of rotatable bonds is 18. The molecular weight excluding hydrogens is 464 g/mol. The van der Waals surface area contributed by atoms with Crippen molar-refractivity contribution in [3.05, 3.63) is 54.1 Å². The first-order valence-corrected chi connectivity index (χ1v) is 17.0. The molecule has 200 valence electrons. The minimum atomic E-state index is -1.36. The van der Waals surface area contributed by atoms with Gasteiger partial charge in [0.2, 0.25) is 0 Å². The van der Waals surface area contributed by atoms with E-state index in [1.54, 1.807) is 0 Å². The summed E-state index contributed by atoms with van der Waals surface area (Å²) in [7, 11) is 0.505. The quantitative estimate of drug-likeness (QED) is 0.114. The molecule has 2 rings (SSSR count). The summed E-state index contributed by atoms with van der Waals surface area (Å²) >= 11 is 0.